The number of aryl methyl sites for hydroxylation is 1. The molecule has 1 aliphatic rings. The third-order valence-electron chi connectivity index (χ3n) is 6.99. The normalized spacial score (nSPS) is 13.9. The number of fused-ring (bicyclic) bond motifs is 1. The van der Waals surface area contributed by atoms with Crippen LogP contribution >= 0.6 is 0 Å². The number of benzene rings is 3. The number of aromatic amines is 1. The fourth-order valence-corrected chi connectivity index (χ4v) is 5.03. The monoisotopic (exact) mass is 478 g/mol. The highest BCUT2D eigenvalue weighted by atomic mass is 16.5. The number of nitriles is 1. The molecule has 0 spiro atoms. The molecule has 1 aromatic heterocycles. The fraction of sp³-hybridized carbons (Fsp3) is 0.267. The van der Waals surface area contributed by atoms with Gasteiger partial charge in [-0.1, -0.05) is 18.2 Å². The maximum Gasteiger partial charge on any atom is 0.222 e. The Morgan fingerprint density at radius 1 is 0.972 bits per heavy atom. The Balaban J connectivity index is 1.29. The van der Waals surface area contributed by atoms with Crippen molar-refractivity contribution in [2.24, 2.45) is 0 Å². The predicted molar refractivity (Wildman–Crippen MR) is 143 cm³/mol. The number of H-pyrrole nitrogens is 1. The molecule has 0 bridgehead atoms. The number of para-hydroxylation sites is 1. The summed E-state index contributed by atoms with van der Waals surface area (Å²) in [4.78, 5) is 21.2. The van der Waals surface area contributed by atoms with Gasteiger partial charge in [0, 0.05) is 54.9 Å². The van der Waals surface area contributed by atoms with E-state index in [1.54, 1.807) is 7.11 Å². The van der Waals surface area contributed by atoms with E-state index in [2.05, 4.69) is 40.2 Å². The number of hydrogen-bond acceptors (Lipinski definition) is 4. The summed E-state index contributed by atoms with van der Waals surface area (Å²) >= 11 is 0. The molecule has 6 heteroatoms. The van der Waals surface area contributed by atoms with Crippen molar-refractivity contribution < 1.29 is 9.53 Å². The highest BCUT2D eigenvalue weighted by molar-refractivity contribution is 5.91. The Kier molecular flexibility index (Phi) is 6.90. The fourth-order valence-electron chi connectivity index (χ4n) is 5.03. The SMILES string of the molecule is COc1ccc(-c2[nH]c3ccccc3c2CCC(=O)N2CCCN(c3ccc(C#N)cc3)CC2)cc1. The Morgan fingerprint density at radius 2 is 1.75 bits per heavy atom. The van der Waals surface area contributed by atoms with E-state index in [4.69, 9.17) is 10.00 Å². The van der Waals surface area contributed by atoms with Crippen LogP contribution in [0.4, 0.5) is 5.69 Å². The molecule has 5 rings (SSSR count). The average molecular weight is 479 g/mol. The van der Waals surface area contributed by atoms with Gasteiger partial charge >= 0.3 is 0 Å². The lowest BCUT2D eigenvalue weighted by Gasteiger charge is -2.24. The standard InChI is InChI=1S/C30H30N4O2/c1-36-25-13-9-23(10-14-25)30-27(26-5-2-3-6-28(26)32-30)15-16-29(35)34-18-4-17-33(19-20-34)24-11-7-22(21-31)8-12-24/h2-3,5-14,32H,4,15-20H2,1H3. The summed E-state index contributed by atoms with van der Waals surface area (Å²) < 4.78 is 5.32. The zero-order valence-electron chi connectivity index (χ0n) is 20.5. The first-order valence-corrected chi connectivity index (χ1v) is 12.4. The van der Waals surface area contributed by atoms with Gasteiger partial charge in [0.1, 0.15) is 5.75 Å². The third kappa shape index (κ3) is 4.92. The number of rotatable bonds is 6. The number of methoxy groups -OCH3 is 1. The lowest BCUT2D eigenvalue weighted by atomic mass is 10.0. The van der Waals surface area contributed by atoms with Gasteiger partial charge in [-0.25, -0.2) is 0 Å². The van der Waals surface area contributed by atoms with E-state index in [9.17, 15) is 4.79 Å². The van der Waals surface area contributed by atoms with Crippen LogP contribution in [0.25, 0.3) is 22.2 Å². The number of nitrogens with one attached hydrogen (secondary N) is 1. The highest BCUT2D eigenvalue weighted by Gasteiger charge is 2.21. The molecule has 0 aliphatic carbocycles. The van der Waals surface area contributed by atoms with Crippen LogP contribution in [-0.2, 0) is 11.2 Å². The van der Waals surface area contributed by atoms with E-state index in [0.717, 1.165) is 54.3 Å². The Bertz CT molecular complexity index is 1380. The van der Waals surface area contributed by atoms with Gasteiger partial charge in [-0.05, 0) is 78.6 Å². The number of aromatic nitrogens is 1. The summed E-state index contributed by atoms with van der Waals surface area (Å²) in [5, 5.41) is 10.2. The third-order valence-corrected chi connectivity index (χ3v) is 6.99. The summed E-state index contributed by atoms with van der Waals surface area (Å²) in [7, 11) is 1.67. The van der Waals surface area contributed by atoms with Gasteiger partial charge in [-0.3, -0.25) is 4.79 Å². The van der Waals surface area contributed by atoms with Crippen LogP contribution in [0.1, 0.15) is 24.0 Å². The van der Waals surface area contributed by atoms with Crippen molar-refractivity contribution in [2.75, 3.05) is 38.2 Å². The largest absolute Gasteiger partial charge is 0.497 e. The number of carbonyl (C=O) groups is 1. The Morgan fingerprint density at radius 3 is 2.50 bits per heavy atom. The van der Waals surface area contributed by atoms with Gasteiger partial charge in [0.15, 0.2) is 0 Å². The number of hydrogen-bond donors (Lipinski definition) is 1. The Labute approximate surface area is 211 Å². The molecule has 0 atom stereocenters. The molecule has 2 heterocycles. The minimum absolute atomic E-state index is 0.197. The molecule has 1 amide bonds. The summed E-state index contributed by atoms with van der Waals surface area (Å²) in [5.74, 6) is 1.02. The van der Waals surface area contributed by atoms with Gasteiger partial charge < -0.3 is 19.5 Å². The first-order chi connectivity index (χ1) is 17.7. The molecule has 0 saturated carbocycles. The van der Waals surface area contributed by atoms with Crippen LogP contribution in [-0.4, -0.2) is 49.1 Å². The number of carbonyl (C=O) groups excluding carboxylic acids is 1. The van der Waals surface area contributed by atoms with Crippen LogP contribution < -0.4 is 9.64 Å². The van der Waals surface area contributed by atoms with Gasteiger partial charge in [0.05, 0.1) is 18.7 Å². The lowest BCUT2D eigenvalue weighted by Crippen LogP contribution is -2.35. The van der Waals surface area contributed by atoms with E-state index in [-0.39, 0.29) is 5.91 Å². The molecule has 3 aromatic carbocycles. The van der Waals surface area contributed by atoms with E-state index in [1.807, 2.05) is 53.4 Å². The zero-order valence-corrected chi connectivity index (χ0v) is 20.5. The van der Waals surface area contributed by atoms with Gasteiger partial charge in [0.2, 0.25) is 5.91 Å². The van der Waals surface area contributed by atoms with E-state index >= 15 is 0 Å². The van der Waals surface area contributed by atoms with Gasteiger partial charge in [0.25, 0.3) is 0 Å². The van der Waals surface area contributed by atoms with Crippen molar-refractivity contribution >= 4 is 22.5 Å². The average Bonchev–Trinajstić information content (AvgIpc) is 3.12. The van der Waals surface area contributed by atoms with Crippen molar-refractivity contribution in [3.05, 3.63) is 83.9 Å². The summed E-state index contributed by atoms with van der Waals surface area (Å²) in [6.07, 6.45) is 2.08. The number of ether oxygens (including phenoxy) is 1. The molecule has 1 fully saturated rings. The molecule has 0 unspecified atom stereocenters. The van der Waals surface area contributed by atoms with Crippen molar-refractivity contribution in [3.8, 4) is 23.1 Å². The maximum absolute atomic E-state index is 13.3. The van der Waals surface area contributed by atoms with Crippen LogP contribution in [0, 0.1) is 11.3 Å². The highest BCUT2D eigenvalue weighted by Crippen LogP contribution is 2.32. The summed E-state index contributed by atoms with van der Waals surface area (Å²) in [6, 6.07) is 26.2. The summed E-state index contributed by atoms with van der Waals surface area (Å²) in [5.41, 5.74) is 6.18. The van der Waals surface area contributed by atoms with E-state index < -0.39 is 0 Å². The van der Waals surface area contributed by atoms with Crippen LogP contribution in [0.5, 0.6) is 5.75 Å². The van der Waals surface area contributed by atoms with Crippen molar-refractivity contribution in [1.29, 1.82) is 5.26 Å². The van der Waals surface area contributed by atoms with Crippen molar-refractivity contribution in [2.45, 2.75) is 19.3 Å². The topological polar surface area (TPSA) is 72.4 Å². The van der Waals surface area contributed by atoms with Crippen LogP contribution in [0.15, 0.2) is 72.8 Å². The molecular formula is C30H30N4O2. The van der Waals surface area contributed by atoms with Crippen LogP contribution in [0.3, 0.4) is 0 Å². The second kappa shape index (κ2) is 10.6. The molecule has 1 aliphatic heterocycles. The zero-order chi connectivity index (χ0) is 24.9. The molecule has 1 saturated heterocycles. The minimum Gasteiger partial charge on any atom is -0.497 e. The second-order valence-electron chi connectivity index (χ2n) is 9.13. The smallest absolute Gasteiger partial charge is 0.222 e. The molecule has 0 radical (unpaired) electrons. The molecule has 6 nitrogen and oxygen atoms in total. The molecule has 182 valence electrons. The first kappa shape index (κ1) is 23.5. The van der Waals surface area contributed by atoms with Gasteiger partial charge in [-0.15, -0.1) is 0 Å². The van der Waals surface area contributed by atoms with Crippen molar-refractivity contribution in [3.63, 3.8) is 0 Å². The maximum atomic E-state index is 13.3. The molecular weight excluding hydrogens is 448 g/mol. The van der Waals surface area contributed by atoms with Gasteiger partial charge in [-0.2, -0.15) is 5.26 Å². The van der Waals surface area contributed by atoms with Crippen LogP contribution in [0.2, 0.25) is 0 Å². The quantitative estimate of drug-likeness (QED) is 0.403. The lowest BCUT2D eigenvalue weighted by molar-refractivity contribution is -0.130. The molecule has 4 aromatic rings. The van der Waals surface area contributed by atoms with E-state index in [1.165, 1.54) is 10.9 Å². The molecule has 36 heavy (non-hydrogen) atoms. The summed E-state index contributed by atoms with van der Waals surface area (Å²) in [6.45, 7) is 3.17. The second-order valence-corrected chi connectivity index (χ2v) is 9.13. The molecule has 1 N–H and O–H groups in total. The predicted octanol–water partition coefficient (Wildman–Crippen LogP) is 5.39. The minimum atomic E-state index is 0.197. The number of nitrogens with zero attached hydrogens (tertiary/aromatic N) is 3. The number of anilines is 1. The first-order valence-electron chi connectivity index (χ1n) is 12.4. The number of amides is 1. The van der Waals surface area contributed by atoms with Crippen molar-refractivity contribution in [1.82, 2.24) is 9.88 Å². The Hall–Kier alpha value is -4.24. The van der Waals surface area contributed by atoms with E-state index in [0.29, 0.717) is 24.9 Å².